The van der Waals surface area contributed by atoms with Gasteiger partial charge in [-0.25, -0.2) is 0 Å². The number of unbranched alkanes of at least 4 members (excludes halogenated alkanes) is 20. The molecule has 0 spiro atoms. The fourth-order valence-corrected chi connectivity index (χ4v) is 8.64. The van der Waals surface area contributed by atoms with Gasteiger partial charge in [0.25, 0.3) is 7.82 Å². The van der Waals surface area contributed by atoms with Crippen LogP contribution in [0.4, 0.5) is 0 Å². The van der Waals surface area contributed by atoms with Crippen LogP contribution >= 0.6 is 7.82 Å². The predicted octanol–water partition coefficient (Wildman–Crippen LogP) is 9.63. The van der Waals surface area contributed by atoms with Crippen molar-refractivity contribution in [2.24, 2.45) is 0 Å². The van der Waals surface area contributed by atoms with Gasteiger partial charge in [0.05, 0.1) is 13.2 Å². The molecule has 0 saturated carbocycles. The number of benzene rings is 2. The Labute approximate surface area is 476 Å². The Morgan fingerprint density at radius 2 is 0.658 bits per heavy atom. The minimum atomic E-state index is -5.22. The maximum atomic E-state index is 13.2. The van der Waals surface area contributed by atoms with Crippen LogP contribution in [0.3, 0.4) is 0 Å². The minimum absolute atomic E-state index is 0. The van der Waals surface area contributed by atoms with Crippen LogP contribution in [-0.2, 0) is 84.0 Å². The van der Waals surface area contributed by atoms with Gasteiger partial charge in [-0.15, -0.1) is 0 Å². The molecule has 0 aromatic heterocycles. The van der Waals surface area contributed by atoms with E-state index >= 15 is 0 Å². The Kier molecular flexibility index (Phi) is 43.9. The molecule has 0 radical (unpaired) electrons. The number of phosphoric acid groups is 1. The van der Waals surface area contributed by atoms with Crippen molar-refractivity contribution in [1.29, 1.82) is 0 Å². The third kappa shape index (κ3) is 41.5. The number of hydrogen-bond donors (Lipinski definition) is 0. The summed E-state index contributed by atoms with van der Waals surface area (Å²) in [6.45, 7) is 1.94. The van der Waals surface area contributed by atoms with Gasteiger partial charge in [0.1, 0.15) is 26.4 Å². The van der Waals surface area contributed by atoms with Crippen molar-refractivity contribution in [2.75, 3.05) is 26.4 Å². The molecule has 0 aliphatic heterocycles. The van der Waals surface area contributed by atoms with E-state index < -0.39 is 82.3 Å². The smallest absolute Gasteiger partial charge is 0.756 e. The molecular formula is C58H90NaO16P. The average Bonchev–Trinajstić information content (AvgIpc) is 3.40. The molecule has 0 saturated heterocycles. The fourth-order valence-electron chi connectivity index (χ4n) is 7.87. The van der Waals surface area contributed by atoms with E-state index in [1.807, 2.05) is 48.5 Å². The number of hydrogen-bond acceptors (Lipinski definition) is 16. The van der Waals surface area contributed by atoms with E-state index in [9.17, 15) is 38.2 Å². The number of esters is 6. The number of phosphoric ester groups is 1. The molecule has 18 heteroatoms. The largest absolute Gasteiger partial charge is 1.00 e. The van der Waals surface area contributed by atoms with Gasteiger partial charge in [0.2, 0.25) is 0 Å². The second-order valence-electron chi connectivity index (χ2n) is 19.2. The summed E-state index contributed by atoms with van der Waals surface area (Å²) in [6.07, 6.45) is 21.5. The van der Waals surface area contributed by atoms with Gasteiger partial charge in [0.15, 0.2) is 12.2 Å². The number of rotatable bonds is 48. The first kappa shape index (κ1) is 70.4. The Bertz CT molecular complexity index is 1870. The first-order chi connectivity index (χ1) is 36.4. The van der Waals surface area contributed by atoms with Gasteiger partial charge in [-0.3, -0.25) is 33.3 Å². The molecule has 0 N–H and O–H groups in total. The molecule has 2 aromatic carbocycles. The van der Waals surface area contributed by atoms with E-state index in [1.165, 1.54) is 83.5 Å². The monoisotopic (exact) mass is 1100 g/mol. The topological polar surface area (TPSA) is 216 Å². The molecule has 76 heavy (non-hydrogen) atoms. The van der Waals surface area contributed by atoms with Crippen molar-refractivity contribution in [3.8, 4) is 0 Å². The van der Waals surface area contributed by atoms with E-state index in [1.54, 1.807) is 12.1 Å². The SMILES string of the molecule is CCCCCCCCCCCCCC(=O)OC[C@H](COP(=O)([O-])OCC(COC(=O)CCCC(=O)OCc1ccccc1)OC(=O)CCCC(=O)OCc1ccccc1)OC(=O)CCCCCCCCCCCCC.[Na+]. The maximum absolute atomic E-state index is 13.2. The van der Waals surface area contributed by atoms with E-state index in [0.717, 1.165) is 56.1 Å². The standard InChI is InChI=1S/C58H91O16P.Na/c1-3-5-7-9-11-13-15-17-19-21-29-37-53(59)69-45-51(73-57(63)38-30-22-20-18-16-14-12-10-8-6-4-2)47-71-75(65,66)72-48-52(74-58(64)42-32-41-55(61)68-44-50-35-27-24-28-36-50)46-70-56(62)40-31-39-54(60)67-43-49-33-25-23-26-34-49;/h23-28,33-36,51-52H,3-22,29-32,37-48H2,1-2H3,(H,65,66);/q;+1/p-1/t51-,52?;/m1./s1. The van der Waals surface area contributed by atoms with E-state index in [4.69, 9.17) is 37.5 Å². The van der Waals surface area contributed by atoms with Crippen LogP contribution in [0.15, 0.2) is 60.7 Å². The zero-order valence-corrected chi connectivity index (χ0v) is 49.3. The molecule has 0 fully saturated rings. The van der Waals surface area contributed by atoms with Crippen molar-refractivity contribution < 1.29 is 105 Å². The third-order valence-electron chi connectivity index (χ3n) is 12.3. The zero-order valence-electron chi connectivity index (χ0n) is 46.4. The summed E-state index contributed by atoms with van der Waals surface area (Å²) in [4.78, 5) is 89.0. The van der Waals surface area contributed by atoms with E-state index in [-0.39, 0.29) is 94.1 Å². The average molecular weight is 1100 g/mol. The van der Waals surface area contributed by atoms with Gasteiger partial charge in [-0.2, -0.15) is 0 Å². The molecule has 0 aliphatic rings. The van der Waals surface area contributed by atoms with Crippen LogP contribution in [0, 0.1) is 0 Å². The van der Waals surface area contributed by atoms with E-state index in [2.05, 4.69) is 13.8 Å². The quantitative estimate of drug-likeness (QED) is 0.0198. The summed E-state index contributed by atoms with van der Waals surface area (Å²) in [6, 6.07) is 18.2. The number of carbonyl (C=O) groups is 6. The van der Waals surface area contributed by atoms with Gasteiger partial charge < -0.3 is 42.4 Å². The van der Waals surface area contributed by atoms with Crippen molar-refractivity contribution in [3.63, 3.8) is 0 Å². The Morgan fingerprint density at radius 1 is 0.382 bits per heavy atom. The summed E-state index contributed by atoms with van der Waals surface area (Å²) >= 11 is 0. The Hall–Kier alpha value is -3.63. The van der Waals surface area contributed by atoms with Crippen molar-refractivity contribution in [2.45, 2.75) is 232 Å². The summed E-state index contributed by atoms with van der Waals surface area (Å²) in [5.41, 5.74) is 1.60. The Morgan fingerprint density at radius 3 is 1.00 bits per heavy atom. The molecular weight excluding hydrogens is 1010 g/mol. The second kappa shape index (κ2) is 47.4. The predicted molar refractivity (Wildman–Crippen MR) is 284 cm³/mol. The minimum Gasteiger partial charge on any atom is -0.756 e. The van der Waals surface area contributed by atoms with Crippen LogP contribution in [-0.4, -0.2) is 74.5 Å². The van der Waals surface area contributed by atoms with Crippen LogP contribution in [0.25, 0.3) is 0 Å². The molecule has 3 atom stereocenters. The molecule has 0 bridgehead atoms. The molecule has 0 aliphatic carbocycles. The summed E-state index contributed by atoms with van der Waals surface area (Å²) in [5.74, 6) is -3.74. The van der Waals surface area contributed by atoms with Crippen LogP contribution in [0.5, 0.6) is 0 Å². The van der Waals surface area contributed by atoms with Crippen LogP contribution in [0.1, 0.15) is 218 Å². The molecule has 2 unspecified atom stereocenters. The molecule has 2 aromatic rings. The molecule has 0 amide bonds. The van der Waals surface area contributed by atoms with Crippen molar-refractivity contribution in [1.82, 2.24) is 0 Å². The maximum Gasteiger partial charge on any atom is 1.00 e. The van der Waals surface area contributed by atoms with Crippen LogP contribution in [0.2, 0.25) is 0 Å². The fraction of sp³-hybridized carbons (Fsp3) is 0.690. The van der Waals surface area contributed by atoms with Gasteiger partial charge in [0, 0.05) is 38.5 Å². The van der Waals surface area contributed by atoms with Crippen molar-refractivity contribution >= 4 is 43.6 Å². The first-order valence-corrected chi connectivity index (χ1v) is 29.5. The molecule has 16 nitrogen and oxygen atoms in total. The number of carbonyl (C=O) groups excluding carboxylic acids is 6. The third-order valence-corrected chi connectivity index (χ3v) is 13.2. The summed E-state index contributed by atoms with van der Waals surface area (Å²) in [5, 5.41) is 0. The second-order valence-corrected chi connectivity index (χ2v) is 20.6. The normalized spacial score (nSPS) is 12.6. The molecule has 0 heterocycles. The molecule has 2 rings (SSSR count). The number of ether oxygens (including phenoxy) is 6. The summed E-state index contributed by atoms with van der Waals surface area (Å²) < 4.78 is 55.6. The summed E-state index contributed by atoms with van der Waals surface area (Å²) in [7, 11) is -5.22. The van der Waals surface area contributed by atoms with Gasteiger partial charge in [-0.05, 0) is 36.8 Å². The van der Waals surface area contributed by atoms with Crippen LogP contribution < -0.4 is 34.5 Å². The Balaban J connectivity index is 0.0000289. The van der Waals surface area contributed by atoms with E-state index in [0.29, 0.717) is 12.8 Å². The van der Waals surface area contributed by atoms with Crippen molar-refractivity contribution in [3.05, 3.63) is 71.8 Å². The molecule has 424 valence electrons. The first-order valence-electron chi connectivity index (χ1n) is 28.1. The van der Waals surface area contributed by atoms with Gasteiger partial charge in [-0.1, -0.05) is 203 Å². The zero-order chi connectivity index (χ0) is 54.5. The van der Waals surface area contributed by atoms with Gasteiger partial charge >= 0.3 is 65.4 Å².